The van der Waals surface area contributed by atoms with Crippen molar-refractivity contribution >= 4 is 38.5 Å². The van der Waals surface area contributed by atoms with Crippen LogP contribution in [0.2, 0.25) is 51.4 Å². The highest BCUT2D eigenvalue weighted by molar-refractivity contribution is 6.76. The molecular formula is C34H51FN6O3Si2. The SMILES string of the molecule is C[Si](C)(C)CCOCN(COCC[Si](C)(C)C)c1cc(CCNC2CCOCC2)nc2c(-c3cnc4ccc(F)cc4c3)cnn12. The van der Waals surface area contributed by atoms with Gasteiger partial charge < -0.3 is 24.4 Å². The van der Waals surface area contributed by atoms with E-state index in [2.05, 4.69) is 60.5 Å². The fraction of sp³-hybridized carbons (Fsp3) is 0.559. The fourth-order valence-corrected chi connectivity index (χ4v) is 6.90. The Balaban J connectivity index is 1.48. The molecule has 9 nitrogen and oxygen atoms in total. The number of nitrogens with zero attached hydrogens (tertiary/aromatic N) is 5. The van der Waals surface area contributed by atoms with Crippen molar-refractivity contribution in [2.45, 2.75) is 76.7 Å². The predicted molar refractivity (Wildman–Crippen MR) is 190 cm³/mol. The van der Waals surface area contributed by atoms with Gasteiger partial charge in [0.15, 0.2) is 5.65 Å². The van der Waals surface area contributed by atoms with Crippen LogP contribution in [0.5, 0.6) is 0 Å². The van der Waals surface area contributed by atoms with Gasteiger partial charge in [-0.1, -0.05) is 39.3 Å². The molecule has 250 valence electrons. The van der Waals surface area contributed by atoms with Gasteiger partial charge >= 0.3 is 0 Å². The van der Waals surface area contributed by atoms with Crippen LogP contribution in [0.1, 0.15) is 18.5 Å². The fourth-order valence-electron chi connectivity index (χ4n) is 5.38. The second kappa shape index (κ2) is 15.4. The number of aromatic nitrogens is 4. The molecule has 0 atom stereocenters. The zero-order valence-corrected chi connectivity index (χ0v) is 30.4. The molecule has 4 aromatic rings. The second-order valence-electron chi connectivity index (χ2n) is 14.8. The summed E-state index contributed by atoms with van der Waals surface area (Å²) in [4.78, 5) is 11.9. The Morgan fingerprint density at radius 3 is 2.33 bits per heavy atom. The minimum atomic E-state index is -1.24. The van der Waals surface area contributed by atoms with E-state index in [0.717, 1.165) is 90.3 Å². The molecule has 0 amide bonds. The van der Waals surface area contributed by atoms with Gasteiger partial charge in [0.1, 0.15) is 25.1 Å². The summed E-state index contributed by atoms with van der Waals surface area (Å²) in [6.45, 7) is 18.8. The molecule has 1 aliphatic rings. The van der Waals surface area contributed by atoms with E-state index in [9.17, 15) is 4.39 Å². The summed E-state index contributed by atoms with van der Waals surface area (Å²) in [6.07, 6.45) is 6.45. The Morgan fingerprint density at radius 1 is 0.957 bits per heavy atom. The van der Waals surface area contributed by atoms with Crippen molar-refractivity contribution in [2.24, 2.45) is 0 Å². The molecular weight excluding hydrogens is 616 g/mol. The van der Waals surface area contributed by atoms with Crippen molar-refractivity contribution in [1.82, 2.24) is 24.9 Å². The lowest BCUT2D eigenvalue weighted by Gasteiger charge is -2.27. The van der Waals surface area contributed by atoms with Crippen molar-refractivity contribution in [3.05, 3.63) is 54.2 Å². The van der Waals surface area contributed by atoms with Gasteiger partial charge in [-0.15, -0.1) is 0 Å². The van der Waals surface area contributed by atoms with E-state index in [1.165, 1.54) is 12.1 Å². The van der Waals surface area contributed by atoms with Crippen molar-refractivity contribution < 1.29 is 18.6 Å². The molecule has 0 aliphatic carbocycles. The molecule has 0 radical (unpaired) electrons. The number of hydrogen-bond acceptors (Lipinski definition) is 8. The molecule has 0 unspecified atom stereocenters. The predicted octanol–water partition coefficient (Wildman–Crippen LogP) is 6.83. The first kappa shape index (κ1) is 34.6. The Bertz CT molecular complexity index is 1560. The topological polar surface area (TPSA) is 86.0 Å². The maximum absolute atomic E-state index is 14.1. The van der Waals surface area contributed by atoms with Crippen LogP contribution in [0.4, 0.5) is 10.2 Å². The first-order valence-corrected chi connectivity index (χ1v) is 24.0. The third-order valence-corrected chi connectivity index (χ3v) is 11.7. The summed E-state index contributed by atoms with van der Waals surface area (Å²) in [5.74, 6) is 0.586. The summed E-state index contributed by atoms with van der Waals surface area (Å²) in [7, 11) is -2.48. The molecule has 3 aromatic heterocycles. The van der Waals surface area contributed by atoms with E-state index in [1.807, 2.05) is 23.0 Å². The third-order valence-electron chi connectivity index (χ3n) is 8.31. The van der Waals surface area contributed by atoms with Crippen LogP contribution in [0.25, 0.3) is 27.7 Å². The molecule has 4 heterocycles. The van der Waals surface area contributed by atoms with Crippen LogP contribution >= 0.6 is 0 Å². The molecule has 1 fully saturated rings. The summed E-state index contributed by atoms with van der Waals surface area (Å²) < 4.78 is 34.1. The number of hydrogen-bond donors (Lipinski definition) is 1. The van der Waals surface area contributed by atoms with Crippen LogP contribution < -0.4 is 10.2 Å². The number of anilines is 1. The first-order valence-electron chi connectivity index (χ1n) is 16.6. The molecule has 1 aliphatic heterocycles. The highest BCUT2D eigenvalue weighted by Crippen LogP contribution is 2.29. The lowest BCUT2D eigenvalue weighted by Crippen LogP contribution is -2.36. The van der Waals surface area contributed by atoms with E-state index in [0.29, 0.717) is 32.7 Å². The highest BCUT2D eigenvalue weighted by Gasteiger charge is 2.21. The maximum atomic E-state index is 14.1. The normalized spacial score (nSPS) is 14.8. The number of nitrogens with one attached hydrogen (secondary N) is 1. The van der Waals surface area contributed by atoms with Gasteiger partial charge in [-0.2, -0.15) is 9.61 Å². The van der Waals surface area contributed by atoms with Crippen LogP contribution in [-0.4, -0.2) is 88.2 Å². The lowest BCUT2D eigenvalue weighted by molar-refractivity contribution is 0.0782. The van der Waals surface area contributed by atoms with Crippen LogP contribution in [0, 0.1) is 5.82 Å². The molecule has 46 heavy (non-hydrogen) atoms. The number of fused-ring (bicyclic) bond motifs is 2. The first-order chi connectivity index (χ1) is 21.9. The average Bonchev–Trinajstić information content (AvgIpc) is 3.43. The summed E-state index contributed by atoms with van der Waals surface area (Å²) in [6, 6.07) is 11.4. The Hall–Kier alpha value is -2.75. The highest BCUT2D eigenvalue weighted by atomic mass is 28.3. The van der Waals surface area contributed by atoms with Gasteiger partial charge in [0.2, 0.25) is 0 Å². The van der Waals surface area contributed by atoms with E-state index >= 15 is 0 Å². The van der Waals surface area contributed by atoms with Crippen molar-refractivity contribution in [3.8, 4) is 11.1 Å². The number of ether oxygens (including phenoxy) is 3. The minimum Gasteiger partial charge on any atom is -0.381 e. The maximum Gasteiger partial charge on any atom is 0.165 e. The quantitative estimate of drug-likeness (QED) is 0.0792. The van der Waals surface area contributed by atoms with Crippen molar-refractivity contribution in [3.63, 3.8) is 0 Å². The monoisotopic (exact) mass is 666 g/mol. The molecule has 1 N–H and O–H groups in total. The Kier molecular flexibility index (Phi) is 11.6. The zero-order chi connectivity index (χ0) is 32.7. The van der Waals surface area contributed by atoms with Gasteiger partial charge in [0, 0.05) is 96.1 Å². The number of rotatable bonds is 16. The van der Waals surface area contributed by atoms with Crippen LogP contribution in [0.3, 0.4) is 0 Å². The average molecular weight is 667 g/mol. The molecule has 12 heteroatoms. The molecule has 0 bridgehead atoms. The van der Waals surface area contributed by atoms with E-state index in [-0.39, 0.29) is 5.82 Å². The number of halogens is 1. The molecule has 5 rings (SSSR count). The standard InChI is InChI=1S/C34H51FN6O3Si2/c1-45(2,3)17-15-43-24-40(25-44-16-18-46(4,5)6)33-21-30(9-12-36-29-10-13-42-14-11-29)39-34-31(23-38-41(33)34)27-19-26-20-28(35)7-8-32(26)37-22-27/h7-8,19-23,29,36H,9-18,24-25H2,1-6H3. The van der Waals surface area contributed by atoms with Crippen molar-refractivity contribution in [1.29, 1.82) is 0 Å². The van der Waals surface area contributed by atoms with E-state index < -0.39 is 16.1 Å². The minimum absolute atomic E-state index is 0.287. The summed E-state index contributed by atoms with van der Waals surface area (Å²) in [5, 5.41) is 9.27. The Labute approximate surface area is 274 Å². The molecule has 1 aromatic carbocycles. The molecule has 0 spiro atoms. The number of benzene rings is 1. The summed E-state index contributed by atoms with van der Waals surface area (Å²) >= 11 is 0. The second-order valence-corrected chi connectivity index (χ2v) is 26.0. The largest absolute Gasteiger partial charge is 0.381 e. The third kappa shape index (κ3) is 9.88. The molecule has 1 saturated heterocycles. The van der Waals surface area contributed by atoms with Crippen LogP contribution in [0.15, 0.2) is 42.7 Å². The van der Waals surface area contributed by atoms with E-state index in [4.69, 9.17) is 24.3 Å². The summed E-state index contributed by atoms with van der Waals surface area (Å²) in [5.41, 5.74) is 4.11. The smallest absolute Gasteiger partial charge is 0.165 e. The van der Waals surface area contributed by atoms with E-state index in [1.54, 1.807) is 6.07 Å². The van der Waals surface area contributed by atoms with Gasteiger partial charge in [-0.3, -0.25) is 4.98 Å². The Morgan fingerprint density at radius 2 is 1.65 bits per heavy atom. The van der Waals surface area contributed by atoms with Gasteiger partial charge in [-0.05, 0) is 49.2 Å². The van der Waals surface area contributed by atoms with Crippen molar-refractivity contribution in [2.75, 3.05) is 51.3 Å². The van der Waals surface area contributed by atoms with Gasteiger partial charge in [0.05, 0.1) is 11.7 Å². The van der Waals surface area contributed by atoms with Gasteiger partial charge in [-0.25, -0.2) is 9.37 Å². The lowest BCUT2D eigenvalue weighted by atomic mass is 10.1. The van der Waals surface area contributed by atoms with Crippen LogP contribution in [-0.2, 0) is 20.6 Å². The molecule has 0 saturated carbocycles. The number of pyridine rings is 1. The zero-order valence-electron chi connectivity index (χ0n) is 28.4. The van der Waals surface area contributed by atoms with Gasteiger partial charge in [0.25, 0.3) is 0 Å².